The minimum atomic E-state index is -3.78. The van der Waals surface area contributed by atoms with Gasteiger partial charge < -0.3 is 13.9 Å². The second-order valence-corrected chi connectivity index (χ2v) is 7.52. The first kappa shape index (κ1) is 18.8. The molecular formula is C19H20N2O5S. The summed E-state index contributed by atoms with van der Waals surface area (Å²) in [5.74, 6) is 2.18. The fourth-order valence-corrected chi connectivity index (χ4v) is 3.75. The summed E-state index contributed by atoms with van der Waals surface area (Å²) in [6.45, 7) is 3.58. The third-order valence-electron chi connectivity index (χ3n) is 3.99. The number of methoxy groups -OCH3 is 2. The number of rotatable bonds is 6. The average Bonchev–Trinajstić information content (AvgIpc) is 3.00. The Morgan fingerprint density at radius 1 is 1.00 bits per heavy atom. The maximum absolute atomic E-state index is 12.7. The van der Waals surface area contributed by atoms with E-state index < -0.39 is 10.0 Å². The van der Waals surface area contributed by atoms with Crippen molar-refractivity contribution in [2.45, 2.75) is 18.7 Å². The Labute approximate surface area is 158 Å². The number of oxazole rings is 1. The Morgan fingerprint density at radius 2 is 1.70 bits per heavy atom. The fraction of sp³-hybridized carbons (Fsp3) is 0.211. The van der Waals surface area contributed by atoms with Crippen molar-refractivity contribution < 1.29 is 22.3 Å². The SMILES string of the molecule is COc1ccc(NS(=O)(=O)c2ccc(-c3nc(C)oc3C)cc2)c(OC)c1. The lowest BCUT2D eigenvalue weighted by molar-refractivity contribution is 0.395. The van der Waals surface area contributed by atoms with E-state index in [0.29, 0.717) is 34.5 Å². The molecule has 0 aliphatic rings. The number of aromatic nitrogens is 1. The number of hydrogen-bond acceptors (Lipinski definition) is 6. The topological polar surface area (TPSA) is 90.7 Å². The van der Waals surface area contributed by atoms with Gasteiger partial charge in [-0.05, 0) is 31.2 Å². The molecule has 3 aromatic rings. The standard InChI is InChI=1S/C19H20N2O5S/c1-12-19(20-13(2)26-12)14-5-8-16(9-6-14)27(22,23)21-17-10-7-15(24-3)11-18(17)25-4/h5-11,21H,1-4H3. The molecule has 0 aliphatic carbocycles. The van der Waals surface area contributed by atoms with E-state index in [1.165, 1.54) is 26.4 Å². The molecule has 0 amide bonds. The van der Waals surface area contributed by atoms with Crippen LogP contribution in [-0.4, -0.2) is 27.6 Å². The number of nitrogens with zero attached hydrogens (tertiary/aromatic N) is 1. The third kappa shape index (κ3) is 3.90. The molecule has 0 radical (unpaired) electrons. The minimum Gasteiger partial charge on any atom is -0.497 e. The highest BCUT2D eigenvalue weighted by Crippen LogP contribution is 2.31. The summed E-state index contributed by atoms with van der Waals surface area (Å²) < 4.78 is 43.7. The van der Waals surface area contributed by atoms with Crippen LogP contribution < -0.4 is 14.2 Å². The summed E-state index contributed by atoms with van der Waals surface area (Å²) in [6.07, 6.45) is 0. The zero-order chi connectivity index (χ0) is 19.6. The van der Waals surface area contributed by atoms with Crippen molar-refractivity contribution in [1.29, 1.82) is 0 Å². The van der Waals surface area contributed by atoms with Gasteiger partial charge in [-0.2, -0.15) is 0 Å². The molecule has 0 fully saturated rings. The highest BCUT2D eigenvalue weighted by atomic mass is 32.2. The van der Waals surface area contributed by atoms with Gasteiger partial charge in [0.1, 0.15) is 23.0 Å². The Balaban J connectivity index is 1.88. The zero-order valence-corrected chi connectivity index (χ0v) is 16.3. The molecule has 0 atom stereocenters. The van der Waals surface area contributed by atoms with E-state index in [4.69, 9.17) is 13.9 Å². The van der Waals surface area contributed by atoms with Gasteiger partial charge in [-0.15, -0.1) is 0 Å². The highest BCUT2D eigenvalue weighted by Gasteiger charge is 2.18. The second-order valence-electron chi connectivity index (χ2n) is 5.83. The number of ether oxygens (including phenoxy) is 2. The van der Waals surface area contributed by atoms with Crippen molar-refractivity contribution in [3.8, 4) is 22.8 Å². The maximum atomic E-state index is 12.7. The molecule has 8 heteroatoms. The van der Waals surface area contributed by atoms with Crippen LogP contribution in [0.3, 0.4) is 0 Å². The van der Waals surface area contributed by atoms with Crippen LogP contribution in [0.15, 0.2) is 51.8 Å². The molecule has 0 aliphatic heterocycles. The van der Waals surface area contributed by atoms with Crippen molar-refractivity contribution in [2.75, 3.05) is 18.9 Å². The number of benzene rings is 2. The van der Waals surface area contributed by atoms with E-state index in [-0.39, 0.29) is 4.90 Å². The van der Waals surface area contributed by atoms with Crippen LogP contribution in [0.1, 0.15) is 11.7 Å². The van der Waals surface area contributed by atoms with Crippen LogP contribution in [0.25, 0.3) is 11.3 Å². The van der Waals surface area contributed by atoms with Crippen molar-refractivity contribution in [1.82, 2.24) is 4.98 Å². The van der Waals surface area contributed by atoms with Gasteiger partial charge >= 0.3 is 0 Å². The average molecular weight is 388 g/mol. The van der Waals surface area contributed by atoms with E-state index in [1.54, 1.807) is 37.3 Å². The van der Waals surface area contributed by atoms with Crippen LogP contribution in [0.4, 0.5) is 5.69 Å². The van der Waals surface area contributed by atoms with Gasteiger partial charge in [-0.1, -0.05) is 12.1 Å². The Morgan fingerprint density at radius 3 is 2.26 bits per heavy atom. The van der Waals surface area contributed by atoms with Gasteiger partial charge in [-0.25, -0.2) is 13.4 Å². The monoisotopic (exact) mass is 388 g/mol. The molecule has 0 saturated carbocycles. The zero-order valence-electron chi connectivity index (χ0n) is 15.4. The van der Waals surface area contributed by atoms with Crippen molar-refractivity contribution in [3.63, 3.8) is 0 Å². The van der Waals surface area contributed by atoms with E-state index in [2.05, 4.69) is 9.71 Å². The Kier molecular flexibility index (Phi) is 5.09. The molecule has 1 N–H and O–H groups in total. The lowest BCUT2D eigenvalue weighted by Gasteiger charge is -2.13. The van der Waals surface area contributed by atoms with Gasteiger partial charge in [0.05, 0.1) is 24.8 Å². The molecule has 3 rings (SSSR count). The highest BCUT2D eigenvalue weighted by molar-refractivity contribution is 7.92. The normalized spacial score (nSPS) is 11.3. The molecule has 0 unspecified atom stereocenters. The summed E-state index contributed by atoms with van der Waals surface area (Å²) in [5, 5.41) is 0. The van der Waals surface area contributed by atoms with Crippen LogP contribution in [0.5, 0.6) is 11.5 Å². The van der Waals surface area contributed by atoms with E-state index in [1.807, 2.05) is 6.92 Å². The third-order valence-corrected chi connectivity index (χ3v) is 5.38. The molecule has 2 aromatic carbocycles. The minimum absolute atomic E-state index is 0.127. The van der Waals surface area contributed by atoms with Gasteiger partial charge in [0.2, 0.25) is 0 Å². The summed E-state index contributed by atoms with van der Waals surface area (Å²) in [6, 6.07) is 11.3. The Hall–Kier alpha value is -3.00. The van der Waals surface area contributed by atoms with Gasteiger partial charge in [0.15, 0.2) is 5.89 Å². The lowest BCUT2D eigenvalue weighted by Crippen LogP contribution is -2.13. The van der Waals surface area contributed by atoms with Crippen LogP contribution in [0.2, 0.25) is 0 Å². The first-order chi connectivity index (χ1) is 12.8. The summed E-state index contributed by atoms with van der Waals surface area (Å²) >= 11 is 0. The largest absolute Gasteiger partial charge is 0.497 e. The number of anilines is 1. The molecule has 0 bridgehead atoms. The number of hydrogen-bond donors (Lipinski definition) is 1. The molecule has 1 aromatic heterocycles. The van der Waals surface area contributed by atoms with Gasteiger partial charge in [-0.3, -0.25) is 4.72 Å². The van der Waals surface area contributed by atoms with Crippen LogP contribution >= 0.6 is 0 Å². The number of aryl methyl sites for hydroxylation is 2. The fourth-order valence-electron chi connectivity index (χ4n) is 2.68. The first-order valence-electron chi connectivity index (χ1n) is 8.13. The lowest BCUT2D eigenvalue weighted by atomic mass is 10.1. The quantitative estimate of drug-likeness (QED) is 0.691. The van der Waals surface area contributed by atoms with Crippen LogP contribution in [-0.2, 0) is 10.0 Å². The number of nitrogens with one attached hydrogen (secondary N) is 1. The Bertz CT molecular complexity index is 1060. The summed E-state index contributed by atoms with van der Waals surface area (Å²) in [7, 11) is -0.796. The summed E-state index contributed by atoms with van der Waals surface area (Å²) in [5.41, 5.74) is 1.80. The first-order valence-corrected chi connectivity index (χ1v) is 9.61. The molecule has 0 spiro atoms. The van der Waals surface area contributed by atoms with E-state index >= 15 is 0 Å². The van der Waals surface area contributed by atoms with Gasteiger partial charge in [0.25, 0.3) is 10.0 Å². The molecular weight excluding hydrogens is 368 g/mol. The predicted octanol–water partition coefficient (Wildman–Crippen LogP) is 3.78. The van der Waals surface area contributed by atoms with E-state index in [9.17, 15) is 8.42 Å². The predicted molar refractivity (Wildman–Crippen MR) is 102 cm³/mol. The number of sulfonamides is 1. The molecule has 7 nitrogen and oxygen atoms in total. The molecule has 1 heterocycles. The summed E-state index contributed by atoms with van der Waals surface area (Å²) in [4.78, 5) is 4.45. The second kappa shape index (κ2) is 7.32. The van der Waals surface area contributed by atoms with Crippen molar-refractivity contribution in [3.05, 3.63) is 54.1 Å². The van der Waals surface area contributed by atoms with Gasteiger partial charge in [0, 0.05) is 18.6 Å². The smallest absolute Gasteiger partial charge is 0.262 e. The molecule has 0 saturated heterocycles. The maximum Gasteiger partial charge on any atom is 0.262 e. The van der Waals surface area contributed by atoms with Crippen LogP contribution in [0, 0.1) is 13.8 Å². The molecule has 27 heavy (non-hydrogen) atoms. The van der Waals surface area contributed by atoms with Crippen molar-refractivity contribution in [2.24, 2.45) is 0 Å². The van der Waals surface area contributed by atoms with Crippen molar-refractivity contribution >= 4 is 15.7 Å². The molecule has 142 valence electrons. The van der Waals surface area contributed by atoms with E-state index in [0.717, 1.165) is 5.56 Å².